The van der Waals surface area contributed by atoms with E-state index in [9.17, 15) is 0 Å². The van der Waals surface area contributed by atoms with Crippen LogP contribution >= 0.6 is 0 Å². The topological polar surface area (TPSA) is 44.5 Å². The molecule has 2 rings (SSSR count). The van der Waals surface area contributed by atoms with E-state index < -0.39 is 0 Å². The van der Waals surface area contributed by atoms with Crippen molar-refractivity contribution in [1.29, 1.82) is 0 Å². The molecule has 0 bridgehead atoms. The highest BCUT2D eigenvalue weighted by molar-refractivity contribution is 4.85. The second-order valence-electron chi connectivity index (χ2n) is 4.62. The van der Waals surface area contributed by atoms with Crippen molar-refractivity contribution in [3.05, 3.63) is 0 Å². The smallest absolute Gasteiger partial charge is 0.104 e. The predicted molar refractivity (Wildman–Crippen MR) is 55.1 cm³/mol. The van der Waals surface area contributed by atoms with Crippen molar-refractivity contribution in [3.63, 3.8) is 0 Å². The summed E-state index contributed by atoms with van der Waals surface area (Å²) in [5.74, 6) is 0.939. The van der Waals surface area contributed by atoms with Gasteiger partial charge in [-0.15, -0.1) is 0 Å². The van der Waals surface area contributed by atoms with Crippen molar-refractivity contribution in [2.45, 2.75) is 37.7 Å². The fraction of sp³-hybridized carbons (Fsp3) is 1.00. The van der Waals surface area contributed by atoms with E-state index in [4.69, 9.17) is 15.2 Å². The highest BCUT2D eigenvalue weighted by Crippen LogP contribution is 2.33. The van der Waals surface area contributed by atoms with E-state index in [0.29, 0.717) is 13.2 Å². The van der Waals surface area contributed by atoms with E-state index in [1.807, 2.05) is 0 Å². The molecular formula is C11H21NO2. The normalized spacial score (nSPS) is 33.2. The third-order valence-corrected chi connectivity index (χ3v) is 3.29. The fourth-order valence-electron chi connectivity index (χ4n) is 2.01. The Morgan fingerprint density at radius 2 is 2.29 bits per heavy atom. The zero-order valence-electron chi connectivity index (χ0n) is 8.84. The van der Waals surface area contributed by atoms with Crippen molar-refractivity contribution < 1.29 is 9.47 Å². The molecular weight excluding hydrogens is 178 g/mol. The van der Waals surface area contributed by atoms with Gasteiger partial charge >= 0.3 is 0 Å². The van der Waals surface area contributed by atoms with Crippen LogP contribution in [0.4, 0.5) is 0 Å². The summed E-state index contributed by atoms with van der Waals surface area (Å²) in [5, 5.41) is 0. The van der Waals surface area contributed by atoms with E-state index in [1.54, 1.807) is 0 Å². The first-order valence-electron chi connectivity index (χ1n) is 5.76. The maximum Gasteiger partial charge on any atom is 0.104 e. The molecule has 0 radical (unpaired) electrons. The molecule has 1 aliphatic carbocycles. The van der Waals surface area contributed by atoms with E-state index >= 15 is 0 Å². The fourth-order valence-corrected chi connectivity index (χ4v) is 2.01. The number of nitrogens with two attached hydrogens (primary N) is 1. The Labute approximate surface area is 85.9 Å². The summed E-state index contributed by atoms with van der Waals surface area (Å²) < 4.78 is 11.4. The van der Waals surface area contributed by atoms with Gasteiger partial charge in [-0.1, -0.05) is 12.8 Å². The third-order valence-electron chi connectivity index (χ3n) is 3.29. The Morgan fingerprint density at radius 1 is 1.43 bits per heavy atom. The van der Waals surface area contributed by atoms with Gasteiger partial charge in [-0.2, -0.15) is 0 Å². The molecule has 0 spiro atoms. The third kappa shape index (κ3) is 2.69. The maximum absolute atomic E-state index is 5.92. The number of ether oxygens (including phenoxy) is 2. The Hall–Kier alpha value is -0.120. The van der Waals surface area contributed by atoms with Crippen molar-refractivity contribution in [1.82, 2.24) is 0 Å². The van der Waals surface area contributed by atoms with Gasteiger partial charge in [0.1, 0.15) is 5.60 Å². The van der Waals surface area contributed by atoms with Gasteiger partial charge in [0.05, 0.1) is 6.61 Å². The summed E-state index contributed by atoms with van der Waals surface area (Å²) in [5.41, 5.74) is 5.61. The second-order valence-corrected chi connectivity index (χ2v) is 4.62. The molecule has 0 aromatic heterocycles. The Balaban J connectivity index is 1.71. The molecule has 3 heteroatoms. The first-order valence-corrected chi connectivity index (χ1v) is 5.76. The Morgan fingerprint density at radius 3 is 2.86 bits per heavy atom. The molecule has 1 atom stereocenters. The van der Waals surface area contributed by atoms with Gasteiger partial charge in [-0.3, -0.25) is 0 Å². The zero-order chi connectivity index (χ0) is 9.86. The summed E-state index contributed by atoms with van der Waals surface area (Å²) >= 11 is 0. The molecule has 2 fully saturated rings. The molecule has 1 heterocycles. The number of rotatable bonds is 5. The van der Waals surface area contributed by atoms with Gasteiger partial charge in [-0.25, -0.2) is 0 Å². The predicted octanol–water partition coefficient (Wildman–Crippen LogP) is 1.31. The molecule has 14 heavy (non-hydrogen) atoms. The molecule has 0 aromatic rings. The monoisotopic (exact) mass is 199 g/mol. The van der Waals surface area contributed by atoms with Crippen LogP contribution in [0.5, 0.6) is 0 Å². The van der Waals surface area contributed by atoms with Crippen molar-refractivity contribution in [2.24, 2.45) is 11.7 Å². The van der Waals surface area contributed by atoms with Gasteiger partial charge < -0.3 is 15.2 Å². The first-order chi connectivity index (χ1) is 6.85. The van der Waals surface area contributed by atoms with E-state index in [2.05, 4.69) is 0 Å². The summed E-state index contributed by atoms with van der Waals surface area (Å²) in [6, 6.07) is 0. The van der Waals surface area contributed by atoms with Gasteiger partial charge in [-0.05, 0) is 25.2 Å². The molecule has 1 aliphatic heterocycles. The Bertz CT molecular complexity index is 174. The molecule has 1 saturated carbocycles. The lowest BCUT2D eigenvalue weighted by atomic mass is 9.96. The Kier molecular flexibility index (Phi) is 3.42. The van der Waals surface area contributed by atoms with Crippen LogP contribution in [0, 0.1) is 5.92 Å². The molecule has 2 N–H and O–H groups in total. The molecule has 0 aromatic carbocycles. The van der Waals surface area contributed by atoms with E-state index in [1.165, 1.54) is 19.3 Å². The molecule has 2 aliphatic rings. The van der Waals surface area contributed by atoms with Crippen LogP contribution in [0.25, 0.3) is 0 Å². The van der Waals surface area contributed by atoms with Gasteiger partial charge in [0.15, 0.2) is 0 Å². The van der Waals surface area contributed by atoms with Crippen LogP contribution < -0.4 is 5.73 Å². The molecule has 82 valence electrons. The largest absolute Gasteiger partial charge is 0.378 e. The van der Waals surface area contributed by atoms with Crippen LogP contribution in [0.3, 0.4) is 0 Å². The van der Waals surface area contributed by atoms with Gasteiger partial charge in [0.2, 0.25) is 0 Å². The SMILES string of the molecule is NCC1(OCCC2CC2)CCCOC1. The number of hydrogen-bond acceptors (Lipinski definition) is 3. The second kappa shape index (κ2) is 4.60. The first kappa shape index (κ1) is 10.4. The molecule has 3 nitrogen and oxygen atoms in total. The quantitative estimate of drug-likeness (QED) is 0.726. The van der Waals surface area contributed by atoms with Gasteiger partial charge in [0.25, 0.3) is 0 Å². The minimum Gasteiger partial charge on any atom is -0.378 e. The van der Waals surface area contributed by atoms with Crippen LogP contribution in [-0.4, -0.2) is 32.0 Å². The van der Waals surface area contributed by atoms with Crippen molar-refractivity contribution in [3.8, 4) is 0 Å². The summed E-state index contributed by atoms with van der Waals surface area (Å²) in [4.78, 5) is 0. The van der Waals surface area contributed by atoms with Crippen LogP contribution in [0.2, 0.25) is 0 Å². The van der Waals surface area contributed by atoms with Crippen molar-refractivity contribution in [2.75, 3.05) is 26.4 Å². The lowest BCUT2D eigenvalue weighted by molar-refractivity contribution is -0.124. The lowest BCUT2D eigenvalue weighted by Gasteiger charge is -2.35. The highest BCUT2D eigenvalue weighted by Gasteiger charge is 2.33. The van der Waals surface area contributed by atoms with E-state index in [-0.39, 0.29) is 5.60 Å². The zero-order valence-corrected chi connectivity index (χ0v) is 8.84. The van der Waals surface area contributed by atoms with Crippen LogP contribution in [0.15, 0.2) is 0 Å². The van der Waals surface area contributed by atoms with E-state index in [0.717, 1.165) is 32.0 Å². The summed E-state index contributed by atoms with van der Waals surface area (Å²) in [6.07, 6.45) is 6.15. The average molecular weight is 199 g/mol. The highest BCUT2D eigenvalue weighted by atomic mass is 16.5. The standard InChI is InChI=1S/C11H21NO2/c12-8-11(5-1-6-13-9-11)14-7-4-10-2-3-10/h10H,1-9,12H2. The molecule has 1 saturated heterocycles. The minimum atomic E-state index is -0.160. The molecule has 1 unspecified atom stereocenters. The maximum atomic E-state index is 5.92. The van der Waals surface area contributed by atoms with Crippen LogP contribution in [0.1, 0.15) is 32.1 Å². The lowest BCUT2D eigenvalue weighted by Crippen LogP contribution is -2.48. The number of hydrogen-bond donors (Lipinski definition) is 1. The minimum absolute atomic E-state index is 0.160. The average Bonchev–Trinajstić information content (AvgIpc) is 3.03. The van der Waals surface area contributed by atoms with Crippen molar-refractivity contribution >= 4 is 0 Å². The summed E-state index contributed by atoms with van der Waals surface area (Å²) in [6.45, 7) is 3.02. The van der Waals surface area contributed by atoms with Gasteiger partial charge in [0, 0.05) is 19.8 Å². The molecule has 0 amide bonds. The summed E-state index contributed by atoms with van der Waals surface area (Å²) in [7, 11) is 0. The van der Waals surface area contributed by atoms with Crippen LogP contribution in [-0.2, 0) is 9.47 Å².